The number of furan rings is 1. The molecule has 0 fully saturated rings. The van der Waals surface area contributed by atoms with Crippen molar-refractivity contribution in [1.29, 1.82) is 0 Å². The number of aliphatic imine (C=N–C) groups is 1. The van der Waals surface area contributed by atoms with Crippen LogP contribution in [0.2, 0.25) is 0 Å². The van der Waals surface area contributed by atoms with Gasteiger partial charge < -0.3 is 15.1 Å². The number of rotatable bonds is 6. The molecule has 0 saturated heterocycles. The molecule has 0 bridgehead atoms. The predicted molar refractivity (Wildman–Crippen MR) is 90.3 cm³/mol. The summed E-state index contributed by atoms with van der Waals surface area (Å²) in [4.78, 5) is 8.60. The maximum atomic E-state index is 5.27. The zero-order chi connectivity index (χ0) is 15.9. The van der Waals surface area contributed by atoms with Gasteiger partial charge in [0.15, 0.2) is 11.7 Å². The number of guanidine groups is 1. The van der Waals surface area contributed by atoms with Gasteiger partial charge in [-0.15, -0.1) is 0 Å². The van der Waals surface area contributed by atoms with Crippen LogP contribution in [0.25, 0.3) is 11.6 Å². The number of nitrogens with one attached hydrogen (secondary N) is 3. The van der Waals surface area contributed by atoms with E-state index in [4.69, 9.17) is 4.42 Å². The van der Waals surface area contributed by atoms with E-state index in [0.717, 1.165) is 18.3 Å². The lowest BCUT2D eigenvalue weighted by Gasteiger charge is -2.10. The van der Waals surface area contributed by atoms with E-state index >= 15 is 0 Å². The first kappa shape index (κ1) is 15.3. The summed E-state index contributed by atoms with van der Waals surface area (Å²) in [6, 6.07) is 5.74. The van der Waals surface area contributed by atoms with Gasteiger partial charge >= 0.3 is 0 Å². The Labute approximate surface area is 137 Å². The Hall–Kier alpha value is -2.61. The molecule has 0 aliphatic heterocycles. The smallest absolute Gasteiger partial charge is 0.216 e. The second-order valence-electron chi connectivity index (χ2n) is 4.82. The molecule has 0 spiro atoms. The summed E-state index contributed by atoms with van der Waals surface area (Å²) in [5.74, 6) is 2.80. The van der Waals surface area contributed by atoms with E-state index in [0.29, 0.717) is 24.6 Å². The van der Waals surface area contributed by atoms with Gasteiger partial charge in [-0.05, 0) is 34.5 Å². The zero-order valence-corrected chi connectivity index (χ0v) is 13.6. The number of aromatic nitrogens is 3. The molecule has 3 heterocycles. The van der Waals surface area contributed by atoms with Crippen molar-refractivity contribution >= 4 is 17.3 Å². The summed E-state index contributed by atoms with van der Waals surface area (Å²) in [6.45, 7) is 1.46. The molecule has 8 heteroatoms. The molecule has 0 unspecified atom stereocenters. The van der Waals surface area contributed by atoms with Gasteiger partial charge in [0.25, 0.3) is 0 Å². The van der Waals surface area contributed by atoms with Gasteiger partial charge in [0.2, 0.25) is 5.82 Å². The third kappa shape index (κ3) is 4.19. The molecule has 0 atom stereocenters. The highest BCUT2D eigenvalue weighted by Crippen LogP contribution is 2.14. The van der Waals surface area contributed by atoms with Crippen LogP contribution in [0.15, 0.2) is 44.6 Å². The van der Waals surface area contributed by atoms with Gasteiger partial charge in [0, 0.05) is 26.6 Å². The van der Waals surface area contributed by atoms with Gasteiger partial charge in [0.05, 0.1) is 6.26 Å². The maximum Gasteiger partial charge on any atom is 0.216 e. The predicted octanol–water partition coefficient (Wildman–Crippen LogP) is 2.03. The fourth-order valence-corrected chi connectivity index (χ4v) is 2.69. The average Bonchev–Trinajstić information content (AvgIpc) is 3.32. The van der Waals surface area contributed by atoms with E-state index in [1.54, 1.807) is 24.6 Å². The van der Waals surface area contributed by atoms with E-state index in [9.17, 15) is 0 Å². The molecular weight excluding hydrogens is 312 g/mol. The van der Waals surface area contributed by atoms with Gasteiger partial charge in [-0.2, -0.15) is 16.4 Å². The van der Waals surface area contributed by atoms with E-state index in [1.165, 1.54) is 5.56 Å². The molecule has 0 saturated carbocycles. The van der Waals surface area contributed by atoms with Crippen LogP contribution in [0.5, 0.6) is 0 Å². The standard InChI is InChI=1S/C15H18N6OS/c1-16-15(18-9-11-5-8-23-10-11)17-6-4-13-19-14(21-20-13)12-3-2-7-22-12/h2-3,5,7-8,10H,4,6,9H2,1H3,(H2,16,17,18)(H,19,20,21). The highest BCUT2D eigenvalue weighted by molar-refractivity contribution is 7.07. The minimum absolute atomic E-state index is 0.574. The van der Waals surface area contributed by atoms with Gasteiger partial charge in [-0.25, -0.2) is 4.98 Å². The topological polar surface area (TPSA) is 91.1 Å². The number of thiophene rings is 1. The summed E-state index contributed by atoms with van der Waals surface area (Å²) in [6.07, 6.45) is 2.32. The Morgan fingerprint density at radius 1 is 1.39 bits per heavy atom. The Morgan fingerprint density at radius 3 is 3.09 bits per heavy atom. The fraction of sp³-hybridized carbons (Fsp3) is 0.267. The summed E-state index contributed by atoms with van der Waals surface area (Å²) in [5.41, 5.74) is 1.25. The van der Waals surface area contributed by atoms with Crippen LogP contribution < -0.4 is 10.6 Å². The summed E-state index contributed by atoms with van der Waals surface area (Å²) >= 11 is 1.69. The van der Waals surface area contributed by atoms with E-state index in [-0.39, 0.29) is 0 Å². The van der Waals surface area contributed by atoms with E-state index in [2.05, 4.69) is 47.6 Å². The first-order valence-corrected chi connectivity index (χ1v) is 8.20. The zero-order valence-electron chi connectivity index (χ0n) is 12.7. The molecule has 23 heavy (non-hydrogen) atoms. The minimum Gasteiger partial charge on any atom is -0.461 e. The van der Waals surface area contributed by atoms with E-state index < -0.39 is 0 Å². The fourth-order valence-electron chi connectivity index (χ4n) is 2.02. The number of nitrogens with zero attached hydrogens (tertiary/aromatic N) is 3. The lowest BCUT2D eigenvalue weighted by molar-refractivity contribution is 0.577. The Kier molecular flexibility index (Phi) is 5.05. The number of aromatic amines is 1. The molecule has 3 aromatic heterocycles. The molecule has 0 aliphatic carbocycles. The molecule has 0 radical (unpaired) electrons. The van der Waals surface area contributed by atoms with Crippen molar-refractivity contribution in [2.24, 2.45) is 4.99 Å². The normalized spacial score (nSPS) is 11.6. The molecule has 7 nitrogen and oxygen atoms in total. The average molecular weight is 330 g/mol. The van der Waals surface area contributed by atoms with Crippen molar-refractivity contribution in [1.82, 2.24) is 25.8 Å². The molecule has 0 aromatic carbocycles. The van der Waals surface area contributed by atoms with Crippen molar-refractivity contribution in [3.05, 3.63) is 46.6 Å². The number of hydrogen-bond donors (Lipinski definition) is 3. The first-order valence-electron chi connectivity index (χ1n) is 7.26. The highest BCUT2D eigenvalue weighted by Gasteiger charge is 2.08. The van der Waals surface area contributed by atoms with Crippen LogP contribution in [0.4, 0.5) is 0 Å². The van der Waals surface area contributed by atoms with Crippen molar-refractivity contribution in [2.45, 2.75) is 13.0 Å². The van der Waals surface area contributed by atoms with Gasteiger partial charge in [0.1, 0.15) is 5.82 Å². The number of H-pyrrole nitrogens is 1. The minimum atomic E-state index is 0.574. The van der Waals surface area contributed by atoms with Crippen LogP contribution in [0.3, 0.4) is 0 Å². The monoisotopic (exact) mass is 330 g/mol. The third-order valence-corrected chi connectivity index (χ3v) is 3.92. The molecule has 0 amide bonds. The lowest BCUT2D eigenvalue weighted by atomic mass is 10.3. The van der Waals surface area contributed by atoms with Crippen molar-refractivity contribution in [3.8, 4) is 11.6 Å². The van der Waals surface area contributed by atoms with Crippen LogP contribution in [0.1, 0.15) is 11.4 Å². The van der Waals surface area contributed by atoms with Crippen molar-refractivity contribution in [2.75, 3.05) is 13.6 Å². The van der Waals surface area contributed by atoms with Gasteiger partial charge in [-0.3, -0.25) is 10.1 Å². The SMILES string of the molecule is CN=C(NCCc1nc(-c2ccco2)n[nH]1)NCc1ccsc1. The molecule has 0 aliphatic rings. The summed E-state index contributed by atoms with van der Waals surface area (Å²) in [7, 11) is 1.76. The molecule has 120 valence electrons. The Balaban J connectivity index is 1.45. The van der Waals surface area contributed by atoms with Crippen LogP contribution in [0, 0.1) is 0 Å². The lowest BCUT2D eigenvalue weighted by Crippen LogP contribution is -2.37. The second kappa shape index (κ2) is 7.59. The maximum absolute atomic E-state index is 5.27. The molecular formula is C15H18N6OS. The van der Waals surface area contributed by atoms with Crippen LogP contribution >= 0.6 is 11.3 Å². The first-order chi connectivity index (χ1) is 11.3. The summed E-state index contributed by atoms with van der Waals surface area (Å²) < 4.78 is 5.27. The van der Waals surface area contributed by atoms with Crippen LogP contribution in [-0.2, 0) is 13.0 Å². The van der Waals surface area contributed by atoms with Gasteiger partial charge in [-0.1, -0.05) is 0 Å². The van der Waals surface area contributed by atoms with Crippen molar-refractivity contribution in [3.63, 3.8) is 0 Å². The molecule has 3 N–H and O–H groups in total. The highest BCUT2D eigenvalue weighted by atomic mass is 32.1. The second-order valence-corrected chi connectivity index (χ2v) is 5.60. The number of hydrogen-bond acceptors (Lipinski definition) is 5. The van der Waals surface area contributed by atoms with E-state index in [1.807, 2.05) is 12.1 Å². The quantitative estimate of drug-likeness (QED) is 0.475. The Morgan fingerprint density at radius 2 is 2.35 bits per heavy atom. The molecule has 3 aromatic rings. The third-order valence-electron chi connectivity index (χ3n) is 3.19. The van der Waals surface area contributed by atoms with Crippen molar-refractivity contribution < 1.29 is 4.42 Å². The van der Waals surface area contributed by atoms with Crippen LogP contribution in [-0.4, -0.2) is 34.7 Å². The summed E-state index contributed by atoms with van der Waals surface area (Å²) in [5, 5.41) is 17.8. The largest absolute Gasteiger partial charge is 0.461 e. The molecule has 3 rings (SSSR count). The Bertz CT molecular complexity index is 732.